The van der Waals surface area contributed by atoms with E-state index in [1.807, 2.05) is 13.8 Å². The van der Waals surface area contributed by atoms with Crippen molar-refractivity contribution in [3.63, 3.8) is 0 Å². The zero-order valence-electron chi connectivity index (χ0n) is 8.36. The predicted octanol–water partition coefficient (Wildman–Crippen LogP) is 0.937. The van der Waals surface area contributed by atoms with Crippen molar-refractivity contribution in [2.24, 2.45) is 11.7 Å². The van der Waals surface area contributed by atoms with Crippen LogP contribution in [0.15, 0.2) is 0 Å². The Kier molecular flexibility index (Phi) is 3.35. The monoisotopic (exact) mass is 205 g/mol. The topological polar surface area (TPSA) is 60.2 Å². The highest BCUT2D eigenvalue weighted by Crippen LogP contribution is 2.30. The van der Waals surface area contributed by atoms with Crippen LogP contribution >= 0.6 is 0 Å². The standard InChI is InChI=1S/C9H19NO2S/c1-3-6-13(11,12)9-5-4-8(10)7(9)2/h7-9H,3-6,10H2,1-2H3. The van der Waals surface area contributed by atoms with Gasteiger partial charge in [-0.3, -0.25) is 0 Å². The second-order valence-corrected chi connectivity index (χ2v) is 6.35. The van der Waals surface area contributed by atoms with Crippen molar-refractivity contribution >= 4 is 9.84 Å². The summed E-state index contributed by atoms with van der Waals surface area (Å²) in [5, 5.41) is -0.178. The van der Waals surface area contributed by atoms with Crippen LogP contribution in [0.25, 0.3) is 0 Å². The van der Waals surface area contributed by atoms with Crippen molar-refractivity contribution in [3.05, 3.63) is 0 Å². The highest BCUT2D eigenvalue weighted by atomic mass is 32.2. The Balaban J connectivity index is 2.73. The van der Waals surface area contributed by atoms with Gasteiger partial charge in [0.15, 0.2) is 9.84 Å². The second-order valence-electron chi connectivity index (χ2n) is 4.01. The Labute approximate surface area is 80.6 Å². The van der Waals surface area contributed by atoms with E-state index in [1.165, 1.54) is 0 Å². The molecule has 0 aromatic carbocycles. The Morgan fingerprint density at radius 3 is 2.38 bits per heavy atom. The summed E-state index contributed by atoms with van der Waals surface area (Å²) in [5.41, 5.74) is 5.80. The van der Waals surface area contributed by atoms with Crippen LogP contribution in [0.3, 0.4) is 0 Å². The van der Waals surface area contributed by atoms with Crippen LogP contribution in [-0.4, -0.2) is 25.5 Å². The molecule has 13 heavy (non-hydrogen) atoms. The summed E-state index contributed by atoms with van der Waals surface area (Å²) < 4.78 is 23.5. The lowest BCUT2D eigenvalue weighted by Crippen LogP contribution is -2.33. The van der Waals surface area contributed by atoms with Gasteiger partial charge in [0.2, 0.25) is 0 Å². The van der Waals surface area contributed by atoms with Crippen molar-refractivity contribution < 1.29 is 8.42 Å². The molecule has 2 N–H and O–H groups in total. The van der Waals surface area contributed by atoms with Gasteiger partial charge in [0.1, 0.15) is 0 Å². The maximum Gasteiger partial charge on any atom is 0.153 e. The average molecular weight is 205 g/mol. The molecule has 78 valence electrons. The lowest BCUT2D eigenvalue weighted by molar-refractivity contribution is 0.506. The summed E-state index contributed by atoms with van der Waals surface area (Å²) in [6, 6.07) is 0.0802. The molecule has 3 unspecified atom stereocenters. The summed E-state index contributed by atoms with van der Waals surface area (Å²) in [5.74, 6) is 0.450. The van der Waals surface area contributed by atoms with Gasteiger partial charge < -0.3 is 5.73 Å². The van der Waals surface area contributed by atoms with Gasteiger partial charge in [-0.1, -0.05) is 13.8 Å². The minimum Gasteiger partial charge on any atom is -0.327 e. The van der Waals surface area contributed by atoms with E-state index in [4.69, 9.17) is 5.73 Å². The number of nitrogens with two attached hydrogens (primary N) is 1. The molecule has 3 nitrogen and oxygen atoms in total. The maximum absolute atomic E-state index is 11.7. The van der Waals surface area contributed by atoms with E-state index in [-0.39, 0.29) is 17.2 Å². The third kappa shape index (κ3) is 2.23. The minimum absolute atomic E-state index is 0.0802. The van der Waals surface area contributed by atoms with Gasteiger partial charge in [0, 0.05) is 6.04 Å². The number of hydrogen-bond acceptors (Lipinski definition) is 3. The van der Waals surface area contributed by atoms with E-state index in [9.17, 15) is 8.42 Å². The maximum atomic E-state index is 11.7. The first kappa shape index (κ1) is 11.0. The molecule has 1 aliphatic rings. The molecule has 4 heteroatoms. The van der Waals surface area contributed by atoms with Crippen molar-refractivity contribution in [1.29, 1.82) is 0 Å². The van der Waals surface area contributed by atoms with E-state index in [1.54, 1.807) is 0 Å². The fourth-order valence-corrected chi connectivity index (χ4v) is 4.32. The van der Waals surface area contributed by atoms with Crippen molar-refractivity contribution in [2.75, 3.05) is 5.75 Å². The number of hydrogen-bond donors (Lipinski definition) is 1. The van der Waals surface area contributed by atoms with Crippen molar-refractivity contribution in [3.8, 4) is 0 Å². The SMILES string of the molecule is CCCS(=O)(=O)C1CCC(N)C1C. The highest BCUT2D eigenvalue weighted by Gasteiger charge is 2.38. The molecular formula is C9H19NO2S. The smallest absolute Gasteiger partial charge is 0.153 e. The van der Waals surface area contributed by atoms with Crippen LogP contribution in [0.5, 0.6) is 0 Å². The van der Waals surface area contributed by atoms with Crippen molar-refractivity contribution in [1.82, 2.24) is 0 Å². The first-order valence-electron chi connectivity index (χ1n) is 4.96. The first-order chi connectivity index (χ1) is 5.99. The molecule has 0 aromatic rings. The lowest BCUT2D eigenvalue weighted by atomic mass is 10.1. The highest BCUT2D eigenvalue weighted by molar-refractivity contribution is 7.92. The second kappa shape index (κ2) is 3.96. The molecule has 0 radical (unpaired) electrons. The first-order valence-corrected chi connectivity index (χ1v) is 6.67. The van der Waals surface area contributed by atoms with Crippen LogP contribution in [0.2, 0.25) is 0 Å². The Bertz CT molecular complexity index is 261. The Morgan fingerprint density at radius 1 is 1.38 bits per heavy atom. The van der Waals surface area contributed by atoms with Crippen molar-refractivity contribution in [2.45, 2.75) is 44.4 Å². The van der Waals surface area contributed by atoms with Crippen LogP contribution in [-0.2, 0) is 9.84 Å². The van der Waals surface area contributed by atoms with E-state index in [0.29, 0.717) is 12.2 Å². The quantitative estimate of drug-likeness (QED) is 0.746. The Hall–Kier alpha value is -0.0900. The zero-order valence-corrected chi connectivity index (χ0v) is 9.18. The number of sulfone groups is 1. The molecule has 0 bridgehead atoms. The zero-order chi connectivity index (χ0) is 10.1. The third-order valence-electron chi connectivity index (χ3n) is 3.00. The fraction of sp³-hybridized carbons (Fsp3) is 1.00. The van der Waals surface area contributed by atoms with E-state index in [2.05, 4.69) is 0 Å². The summed E-state index contributed by atoms with van der Waals surface area (Å²) in [4.78, 5) is 0. The van der Waals surface area contributed by atoms with Crippen LogP contribution in [0, 0.1) is 5.92 Å². The fourth-order valence-electron chi connectivity index (χ4n) is 2.10. The van der Waals surface area contributed by atoms with Crippen LogP contribution in [0.4, 0.5) is 0 Å². The van der Waals surface area contributed by atoms with E-state index >= 15 is 0 Å². The molecule has 0 amide bonds. The van der Waals surface area contributed by atoms with Crippen LogP contribution in [0.1, 0.15) is 33.1 Å². The average Bonchev–Trinajstić information content (AvgIpc) is 2.33. The largest absolute Gasteiger partial charge is 0.327 e. The van der Waals surface area contributed by atoms with Gasteiger partial charge in [0.05, 0.1) is 11.0 Å². The molecule has 0 aromatic heterocycles. The summed E-state index contributed by atoms with van der Waals surface area (Å²) in [6.45, 7) is 3.85. The molecule has 1 rings (SSSR count). The van der Waals surface area contributed by atoms with E-state index < -0.39 is 9.84 Å². The van der Waals surface area contributed by atoms with Gasteiger partial charge in [-0.15, -0.1) is 0 Å². The lowest BCUT2D eigenvalue weighted by Gasteiger charge is -2.17. The molecule has 1 saturated carbocycles. The Morgan fingerprint density at radius 2 is 2.00 bits per heavy atom. The molecule has 1 aliphatic carbocycles. The molecular weight excluding hydrogens is 186 g/mol. The van der Waals surface area contributed by atoms with Gasteiger partial charge in [-0.05, 0) is 25.2 Å². The minimum atomic E-state index is -2.87. The summed E-state index contributed by atoms with van der Waals surface area (Å²) in [7, 11) is -2.87. The van der Waals surface area contributed by atoms with E-state index in [0.717, 1.165) is 12.8 Å². The van der Waals surface area contributed by atoms with Gasteiger partial charge in [-0.2, -0.15) is 0 Å². The third-order valence-corrected chi connectivity index (χ3v) is 5.56. The van der Waals surface area contributed by atoms with Crippen LogP contribution < -0.4 is 5.73 Å². The molecule has 0 aliphatic heterocycles. The molecule has 0 heterocycles. The van der Waals surface area contributed by atoms with Gasteiger partial charge >= 0.3 is 0 Å². The molecule has 1 fully saturated rings. The number of rotatable bonds is 3. The van der Waals surface area contributed by atoms with Gasteiger partial charge in [-0.25, -0.2) is 8.42 Å². The predicted molar refractivity (Wildman–Crippen MR) is 54.2 cm³/mol. The normalized spacial score (nSPS) is 35.2. The summed E-state index contributed by atoms with van der Waals surface area (Å²) >= 11 is 0. The molecule has 0 spiro atoms. The molecule has 3 atom stereocenters. The summed E-state index contributed by atoms with van der Waals surface area (Å²) in [6.07, 6.45) is 2.32. The molecule has 0 saturated heterocycles. The van der Waals surface area contributed by atoms with Gasteiger partial charge in [0.25, 0.3) is 0 Å².